The van der Waals surface area contributed by atoms with Crippen LogP contribution in [0.15, 0.2) is 0 Å². The Morgan fingerprint density at radius 2 is 1.42 bits per heavy atom. The van der Waals surface area contributed by atoms with Gasteiger partial charge in [-0.15, -0.1) is 0 Å². The summed E-state index contributed by atoms with van der Waals surface area (Å²) in [5, 5.41) is 16.5. The summed E-state index contributed by atoms with van der Waals surface area (Å²) in [4.78, 5) is 31.6. The molecular weight excluding hydrogens is 168 g/mol. The van der Waals surface area contributed by atoms with Gasteiger partial charge in [0.1, 0.15) is 13.2 Å². The standard InChI is InChI=1S/C5H8N2O5/c6-5(12)7(3(10)1-8)4(11)2-9/h8-9H,1-2H2,(H2,6,12). The van der Waals surface area contributed by atoms with E-state index >= 15 is 0 Å². The first-order valence-corrected chi connectivity index (χ1v) is 2.91. The van der Waals surface area contributed by atoms with Crippen LogP contribution in [0, 0.1) is 0 Å². The van der Waals surface area contributed by atoms with E-state index in [-0.39, 0.29) is 4.90 Å². The fourth-order valence-corrected chi connectivity index (χ4v) is 0.526. The summed E-state index contributed by atoms with van der Waals surface area (Å²) < 4.78 is 0. The Morgan fingerprint density at radius 3 is 1.58 bits per heavy atom. The molecule has 0 aliphatic carbocycles. The Morgan fingerprint density at radius 1 is 1.08 bits per heavy atom. The van der Waals surface area contributed by atoms with Gasteiger partial charge in [-0.2, -0.15) is 4.90 Å². The van der Waals surface area contributed by atoms with Crippen molar-refractivity contribution >= 4 is 17.8 Å². The lowest BCUT2D eigenvalue weighted by Gasteiger charge is -2.12. The van der Waals surface area contributed by atoms with Crippen molar-refractivity contribution in [2.75, 3.05) is 13.2 Å². The van der Waals surface area contributed by atoms with E-state index in [0.29, 0.717) is 0 Å². The molecule has 0 aromatic rings. The molecule has 0 bridgehead atoms. The summed E-state index contributed by atoms with van der Waals surface area (Å²) in [6, 6.07) is -1.33. The van der Waals surface area contributed by atoms with Crippen LogP contribution in [-0.4, -0.2) is 46.2 Å². The van der Waals surface area contributed by atoms with Gasteiger partial charge in [0.25, 0.3) is 11.8 Å². The minimum absolute atomic E-state index is 0.0278. The third-order valence-electron chi connectivity index (χ3n) is 0.990. The zero-order valence-electron chi connectivity index (χ0n) is 6.06. The molecule has 4 amide bonds. The van der Waals surface area contributed by atoms with Crippen molar-refractivity contribution < 1.29 is 24.6 Å². The molecule has 68 valence electrons. The molecular formula is C5H8N2O5. The Balaban J connectivity index is 4.55. The number of urea groups is 1. The maximum atomic E-state index is 10.6. The summed E-state index contributed by atoms with van der Waals surface area (Å²) in [7, 11) is 0. The number of imide groups is 3. The molecule has 0 atom stereocenters. The summed E-state index contributed by atoms with van der Waals surface area (Å²) in [5.74, 6) is -2.33. The van der Waals surface area contributed by atoms with E-state index < -0.39 is 31.1 Å². The second-order valence-electron chi connectivity index (χ2n) is 1.78. The molecule has 4 N–H and O–H groups in total. The molecule has 0 aromatic heterocycles. The molecule has 0 saturated heterocycles. The maximum Gasteiger partial charge on any atom is 0.328 e. The van der Waals surface area contributed by atoms with Crippen LogP contribution < -0.4 is 5.73 Å². The van der Waals surface area contributed by atoms with Crippen molar-refractivity contribution in [2.45, 2.75) is 0 Å². The number of carbonyl (C=O) groups excluding carboxylic acids is 3. The molecule has 0 rings (SSSR count). The Hall–Kier alpha value is -1.47. The van der Waals surface area contributed by atoms with E-state index in [1.165, 1.54) is 0 Å². The van der Waals surface area contributed by atoms with Crippen LogP contribution in [0.2, 0.25) is 0 Å². The van der Waals surface area contributed by atoms with Gasteiger partial charge in [-0.3, -0.25) is 9.59 Å². The lowest BCUT2D eigenvalue weighted by molar-refractivity contribution is -0.144. The minimum Gasteiger partial charge on any atom is -0.386 e. The van der Waals surface area contributed by atoms with Crippen LogP contribution >= 0.6 is 0 Å². The number of carbonyl (C=O) groups is 3. The molecule has 0 spiro atoms. The van der Waals surface area contributed by atoms with Gasteiger partial charge in [0.15, 0.2) is 0 Å². The summed E-state index contributed by atoms with van der Waals surface area (Å²) in [5.41, 5.74) is 4.61. The van der Waals surface area contributed by atoms with E-state index in [0.717, 1.165) is 0 Å². The average Bonchev–Trinajstić information content (AvgIpc) is 2.03. The van der Waals surface area contributed by atoms with Gasteiger partial charge in [-0.25, -0.2) is 4.79 Å². The highest BCUT2D eigenvalue weighted by atomic mass is 16.3. The monoisotopic (exact) mass is 176 g/mol. The van der Waals surface area contributed by atoms with E-state index in [1.54, 1.807) is 0 Å². The molecule has 0 unspecified atom stereocenters. The predicted molar refractivity (Wildman–Crippen MR) is 35.6 cm³/mol. The van der Waals surface area contributed by atoms with Gasteiger partial charge >= 0.3 is 6.03 Å². The fourth-order valence-electron chi connectivity index (χ4n) is 0.526. The highest BCUT2D eigenvalue weighted by molar-refractivity contribution is 6.10. The van der Waals surface area contributed by atoms with E-state index in [1.807, 2.05) is 0 Å². The number of aliphatic hydroxyl groups excluding tert-OH is 2. The van der Waals surface area contributed by atoms with E-state index in [4.69, 9.17) is 10.2 Å². The van der Waals surface area contributed by atoms with Crippen molar-refractivity contribution in [3.8, 4) is 0 Å². The second-order valence-corrected chi connectivity index (χ2v) is 1.78. The van der Waals surface area contributed by atoms with Crippen LogP contribution in [0.4, 0.5) is 4.79 Å². The number of amides is 4. The number of nitrogens with zero attached hydrogens (tertiary/aromatic N) is 1. The molecule has 0 radical (unpaired) electrons. The van der Waals surface area contributed by atoms with Gasteiger partial charge in [-0.1, -0.05) is 0 Å². The predicted octanol–water partition coefficient (Wildman–Crippen LogP) is -2.60. The van der Waals surface area contributed by atoms with Crippen LogP contribution in [0.25, 0.3) is 0 Å². The normalized spacial score (nSPS) is 9.17. The SMILES string of the molecule is NC(=O)N(C(=O)CO)C(=O)CO. The first-order chi connectivity index (χ1) is 5.54. The third kappa shape index (κ3) is 2.29. The number of nitrogens with two attached hydrogens (primary N) is 1. The Bertz CT molecular complexity index is 198. The summed E-state index contributed by atoms with van der Waals surface area (Å²) >= 11 is 0. The number of hydrogen-bond acceptors (Lipinski definition) is 5. The van der Waals surface area contributed by atoms with Gasteiger partial charge in [0.2, 0.25) is 0 Å². The quantitative estimate of drug-likeness (QED) is 0.426. The fraction of sp³-hybridized carbons (Fsp3) is 0.400. The van der Waals surface area contributed by atoms with Gasteiger partial charge in [-0.05, 0) is 0 Å². The Labute approximate surface area is 67.4 Å². The zero-order chi connectivity index (χ0) is 9.72. The molecule has 0 aliphatic rings. The van der Waals surface area contributed by atoms with Crippen LogP contribution in [0.3, 0.4) is 0 Å². The van der Waals surface area contributed by atoms with E-state index in [9.17, 15) is 14.4 Å². The number of aliphatic hydroxyl groups is 2. The van der Waals surface area contributed by atoms with Gasteiger partial charge < -0.3 is 15.9 Å². The molecule has 7 nitrogen and oxygen atoms in total. The lowest BCUT2D eigenvalue weighted by atomic mass is 10.5. The van der Waals surface area contributed by atoms with Gasteiger partial charge in [0.05, 0.1) is 0 Å². The van der Waals surface area contributed by atoms with Crippen molar-refractivity contribution in [1.82, 2.24) is 4.90 Å². The molecule has 0 aliphatic heterocycles. The van der Waals surface area contributed by atoms with Crippen LogP contribution in [0.1, 0.15) is 0 Å². The van der Waals surface area contributed by atoms with Gasteiger partial charge in [0, 0.05) is 0 Å². The average molecular weight is 176 g/mol. The summed E-state index contributed by atoms with van der Waals surface area (Å²) in [6.07, 6.45) is 0. The largest absolute Gasteiger partial charge is 0.386 e. The minimum atomic E-state index is -1.33. The number of primary amides is 1. The first-order valence-electron chi connectivity index (χ1n) is 2.91. The zero-order valence-corrected chi connectivity index (χ0v) is 6.06. The molecule has 7 heteroatoms. The van der Waals surface area contributed by atoms with Crippen molar-refractivity contribution in [2.24, 2.45) is 5.73 Å². The molecule has 0 aromatic carbocycles. The van der Waals surface area contributed by atoms with Crippen LogP contribution in [-0.2, 0) is 9.59 Å². The highest BCUT2D eigenvalue weighted by Crippen LogP contribution is 1.90. The number of hydrogen-bond donors (Lipinski definition) is 3. The summed E-state index contributed by atoms with van der Waals surface area (Å²) in [6.45, 7) is -2.04. The Kier molecular flexibility index (Phi) is 3.88. The number of rotatable bonds is 2. The highest BCUT2D eigenvalue weighted by Gasteiger charge is 2.24. The molecule has 0 heterocycles. The topological polar surface area (TPSA) is 121 Å². The molecule has 0 fully saturated rings. The lowest BCUT2D eigenvalue weighted by Crippen LogP contribution is -2.47. The first kappa shape index (κ1) is 10.5. The smallest absolute Gasteiger partial charge is 0.328 e. The third-order valence-corrected chi connectivity index (χ3v) is 0.990. The van der Waals surface area contributed by atoms with Crippen LogP contribution in [0.5, 0.6) is 0 Å². The second kappa shape index (κ2) is 4.42. The molecule has 12 heavy (non-hydrogen) atoms. The van der Waals surface area contributed by atoms with Crippen molar-refractivity contribution in [3.63, 3.8) is 0 Å². The van der Waals surface area contributed by atoms with Crippen molar-refractivity contribution in [3.05, 3.63) is 0 Å². The van der Waals surface area contributed by atoms with E-state index in [2.05, 4.69) is 5.73 Å². The maximum absolute atomic E-state index is 10.6. The van der Waals surface area contributed by atoms with Crippen molar-refractivity contribution in [1.29, 1.82) is 0 Å². The molecule has 0 saturated carbocycles.